The number of piperidine rings is 1. The maximum absolute atomic E-state index is 4.62. The van der Waals surface area contributed by atoms with E-state index in [9.17, 15) is 0 Å². The minimum absolute atomic E-state index is 0.813. The van der Waals surface area contributed by atoms with Crippen LogP contribution in [0.3, 0.4) is 0 Å². The van der Waals surface area contributed by atoms with E-state index in [4.69, 9.17) is 0 Å². The van der Waals surface area contributed by atoms with Crippen LogP contribution in [0.25, 0.3) is 11.2 Å². The van der Waals surface area contributed by atoms with Gasteiger partial charge in [-0.3, -0.25) is 0 Å². The molecule has 0 bridgehead atoms. The van der Waals surface area contributed by atoms with Gasteiger partial charge in [-0.05, 0) is 41.6 Å². The summed E-state index contributed by atoms with van der Waals surface area (Å²) in [6, 6.07) is 0. The van der Waals surface area contributed by atoms with E-state index in [-0.39, 0.29) is 0 Å². The number of rotatable bonds is 4. The molecule has 0 radical (unpaired) electrons. The molecule has 20 heavy (non-hydrogen) atoms. The Balaban J connectivity index is 2.03. The van der Waals surface area contributed by atoms with Gasteiger partial charge in [0.15, 0.2) is 21.7 Å². The molecular formula is C14H18BrN5. The fraction of sp³-hybridized carbons (Fsp3) is 0.500. The summed E-state index contributed by atoms with van der Waals surface area (Å²) in [6.45, 7) is 6.72. The Bertz CT molecular complexity index is 615. The molecule has 1 aliphatic rings. The summed E-state index contributed by atoms with van der Waals surface area (Å²) in [5, 5.41) is 0. The number of halogens is 1. The van der Waals surface area contributed by atoms with Gasteiger partial charge in [0.05, 0.1) is 0 Å². The third-order valence-corrected chi connectivity index (χ3v) is 4.28. The second kappa shape index (κ2) is 5.91. The van der Waals surface area contributed by atoms with Crippen molar-refractivity contribution in [3.63, 3.8) is 0 Å². The van der Waals surface area contributed by atoms with Crippen molar-refractivity contribution in [3.05, 3.63) is 23.7 Å². The Hall–Kier alpha value is -1.43. The standard InChI is InChI=1S/C14H18BrN5/c1-2-3-9-20-13-11(18-14(20)15)12(16-10-17-13)19-7-5-4-6-8-19/h2,10H,1,3-9H2. The van der Waals surface area contributed by atoms with Crippen LogP contribution in [0.1, 0.15) is 25.7 Å². The summed E-state index contributed by atoms with van der Waals surface area (Å²) in [7, 11) is 0. The summed E-state index contributed by atoms with van der Waals surface area (Å²) in [4.78, 5) is 15.8. The topological polar surface area (TPSA) is 46.8 Å². The van der Waals surface area contributed by atoms with Crippen LogP contribution in [-0.4, -0.2) is 32.6 Å². The van der Waals surface area contributed by atoms with Gasteiger partial charge in [0.2, 0.25) is 0 Å². The lowest BCUT2D eigenvalue weighted by Crippen LogP contribution is -2.30. The monoisotopic (exact) mass is 335 g/mol. The van der Waals surface area contributed by atoms with E-state index in [1.165, 1.54) is 19.3 Å². The number of aromatic nitrogens is 4. The molecule has 0 spiro atoms. The summed E-state index contributed by atoms with van der Waals surface area (Å²) in [6.07, 6.45) is 8.21. The lowest BCUT2D eigenvalue weighted by Gasteiger charge is -2.27. The lowest BCUT2D eigenvalue weighted by atomic mass is 10.1. The molecule has 2 aromatic heterocycles. The van der Waals surface area contributed by atoms with Crippen LogP contribution in [0.5, 0.6) is 0 Å². The molecule has 5 nitrogen and oxygen atoms in total. The Morgan fingerprint density at radius 1 is 1.25 bits per heavy atom. The molecule has 3 rings (SSSR count). The van der Waals surface area contributed by atoms with Crippen molar-refractivity contribution in [3.8, 4) is 0 Å². The van der Waals surface area contributed by atoms with Crippen molar-refractivity contribution in [1.82, 2.24) is 19.5 Å². The molecule has 1 fully saturated rings. The number of nitrogens with zero attached hydrogens (tertiary/aromatic N) is 5. The molecule has 1 aliphatic heterocycles. The smallest absolute Gasteiger partial charge is 0.179 e. The van der Waals surface area contributed by atoms with Gasteiger partial charge < -0.3 is 9.47 Å². The minimum Gasteiger partial charge on any atom is -0.355 e. The first-order chi connectivity index (χ1) is 9.81. The average molecular weight is 336 g/mol. The van der Waals surface area contributed by atoms with E-state index >= 15 is 0 Å². The van der Waals surface area contributed by atoms with Crippen molar-refractivity contribution in [1.29, 1.82) is 0 Å². The number of hydrogen-bond donors (Lipinski definition) is 0. The number of aryl methyl sites for hydroxylation is 1. The second-order valence-corrected chi connectivity index (χ2v) is 5.74. The first kappa shape index (κ1) is 13.5. The quantitative estimate of drug-likeness (QED) is 0.636. The molecule has 0 aromatic carbocycles. The van der Waals surface area contributed by atoms with Crippen LogP contribution in [0, 0.1) is 0 Å². The number of imidazole rings is 1. The van der Waals surface area contributed by atoms with Crippen LogP contribution >= 0.6 is 15.9 Å². The van der Waals surface area contributed by atoms with E-state index in [1.807, 2.05) is 6.08 Å². The Kier molecular flexibility index (Phi) is 4.00. The van der Waals surface area contributed by atoms with Crippen LogP contribution in [0.2, 0.25) is 0 Å². The zero-order valence-corrected chi connectivity index (χ0v) is 13.0. The van der Waals surface area contributed by atoms with Gasteiger partial charge in [-0.1, -0.05) is 6.08 Å². The molecule has 106 valence electrons. The van der Waals surface area contributed by atoms with E-state index < -0.39 is 0 Å². The first-order valence-electron chi connectivity index (χ1n) is 7.04. The van der Waals surface area contributed by atoms with E-state index in [2.05, 4.69) is 46.9 Å². The van der Waals surface area contributed by atoms with E-state index in [0.29, 0.717) is 0 Å². The van der Waals surface area contributed by atoms with Crippen LogP contribution in [0.4, 0.5) is 5.82 Å². The maximum atomic E-state index is 4.62. The third kappa shape index (κ3) is 2.44. The molecule has 0 unspecified atom stereocenters. The molecule has 2 aromatic rings. The molecule has 1 saturated heterocycles. The van der Waals surface area contributed by atoms with Gasteiger partial charge >= 0.3 is 0 Å². The van der Waals surface area contributed by atoms with Crippen molar-refractivity contribution in [2.75, 3.05) is 18.0 Å². The van der Waals surface area contributed by atoms with Crippen molar-refractivity contribution < 1.29 is 0 Å². The molecule has 0 saturated carbocycles. The van der Waals surface area contributed by atoms with E-state index in [0.717, 1.165) is 47.8 Å². The van der Waals surface area contributed by atoms with Crippen LogP contribution in [-0.2, 0) is 6.54 Å². The average Bonchev–Trinajstić information content (AvgIpc) is 2.81. The zero-order chi connectivity index (χ0) is 13.9. The second-order valence-electron chi connectivity index (χ2n) is 5.03. The van der Waals surface area contributed by atoms with Crippen LogP contribution in [0.15, 0.2) is 23.7 Å². The molecule has 0 aliphatic carbocycles. The highest BCUT2D eigenvalue weighted by Crippen LogP contribution is 2.27. The van der Waals surface area contributed by atoms with Gasteiger partial charge in [-0.15, -0.1) is 6.58 Å². The molecule has 0 atom stereocenters. The van der Waals surface area contributed by atoms with E-state index in [1.54, 1.807) is 6.33 Å². The SMILES string of the molecule is C=CCCn1c(Br)nc2c(N3CCCCC3)ncnc21. The van der Waals surface area contributed by atoms with Crippen molar-refractivity contribution >= 4 is 32.9 Å². The number of hydrogen-bond acceptors (Lipinski definition) is 4. The largest absolute Gasteiger partial charge is 0.355 e. The highest BCUT2D eigenvalue weighted by Gasteiger charge is 2.19. The fourth-order valence-electron chi connectivity index (χ4n) is 2.65. The molecule has 3 heterocycles. The molecule has 0 amide bonds. The predicted octanol–water partition coefficient (Wildman–Crippen LogP) is 3.16. The Labute approximate surface area is 126 Å². The highest BCUT2D eigenvalue weighted by molar-refractivity contribution is 9.10. The third-order valence-electron chi connectivity index (χ3n) is 3.68. The van der Waals surface area contributed by atoms with Gasteiger partial charge in [-0.2, -0.15) is 0 Å². The first-order valence-corrected chi connectivity index (χ1v) is 7.83. The highest BCUT2D eigenvalue weighted by atomic mass is 79.9. The number of anilines is 1. The summed E-state index contributed by atoms with van der Waals surface area (Å²) >= 11 is 3.53. The molecular weight excluding hydrogens is 318 g/mol. The van der Waals surface area contributed by atoms with Crippen LogP contribution < -0.4 is 4.90 Å². The normalized spacial score (nSPS) is 15.8. The van der Waals surface area contributed by atoms with Gasteiger partial charge in [0.25, 0.3) is 0 Å². The number of fused-ring (bicyclic) bond motifs is 1. The van der Waals surface area contributed by atoms with Gasteiger partial charge in [0, 0.05) is 19.6 Å². The summed E-state index contributed by atoms with van der Waals surface area (Å²) < 4.78 is 2.89. The maximum Gasteiger partial charge on any atom is 0.179 e. The molecule has 0 N–H and O–H groups in total. The number of allylic oxidation sites excluding steroid dienone is 1. The Morgan fingerprint density at radius 2 is 2.05 bits per heavy atom. The minimum atomic E-state index is 0.813. The van der Waals surface area contributed by atoms with Gasteiger partial charge in [-0.25, -0.2) is 15.0 Å². The summed E-state index contributed by atoms with van der Waals surface area (Å²) in [5.41, 5.74) is 1.79. The zero-order valence-electron chi connectivity index (χ0n) is 11.4. The predicted molar refractivity (Wildman–Crippen MR) is 83.9 cm³/mol. The Morgan fingerprint density at radius 3 is 2.80 bits per heavy atom. The van der Waals surface area contributed by atoms with Crippen molar-refractivity contribution in [2.45, 2.75) is 32.2 Å². The van der Waals surface area contributed by atoms with Gasteiger partial charge in [0.1, 0.15) is 6.33 Å². The summed E-state index contributed by atoms with van der Waals surface area (Å²) in [5.74, 6) is 0.966. The van der Waals surface area contributed by atoms with Crippen molar-refractivity contribution in [2.24, 2.45) is 0 Å². The lowest BCUT2D eigenvalue weighted by molar-refractivity contribution is 0.574. The fourth-order valence-corrected chi connectivity index (χ4v) is 3.18. The molecule has 6 heteroatoms.